The van der Waals surface area contributed by atoms with Crippen molar-refractivity contribution in [3.63, 3.8) is 0 Å². The first-order chi connectivity index (χ1) is 9.65. The highest BCUT2D eigenvalue weighted by Crippen LogP contribution is 2.23. The van der Waals surface area contributed by atoms with Gasteiger partial charge in [-0.15, -0.1) is 0 Å². The van der Waals surface area contributed by atoms with Gasteiger partial charge >= 0.3 is 0 Å². The number of hydrogen-bond acceptors (Lipinski definition) is 6. The van der Waals surface area contributed by atoms with Crippen LogP contribution in [0.5, 0.6) is 0 Å². The molecule has 2 aromatic heterocycles. The summed E-state index contributed by atoms with van der Waals surface area (Å²) < 4.78 is 0. The van der Waals surface area contributed by atoms with Crippen molar-refractivity contribution in [2.45, 2.75) is 44.7 Å². The number of nitrogens with one attached hydrogen (secondary N) is 1. The van der Waals surface area contributed by atoms with Gasteiger partial charge in [-0.3, -0.25) is 0 Å². The summed E-state index contributed by atoms with van der Waals surface area (Å²) in [5.74, 6) is 1.08. The summed E-state index contributed by atoms with van der Waals surface area (Å²) in [6.07, 6.45) is 8.00. The van der Waals surface area contributed by atoms with E-state index in [1.165, 1.54) is 12.8 Å². The van der Waals surface area contributed by atoms with Crippen LogP contribution in [0, 0.1) is 6.92 Å². The number of pyridine rings is 1. The molecule has 3 rings (SSSR count). The maximum absolute atomic E-state index is 6.15. The molecule has 0 bridgehead atoms. The van der Waals surface area contributed by atoms with Crippen molar-refractivity contribution in [2.75, 3.05) is 11.1 Å². The topological polar surface area (TPSA) is 103 Å². The van der Waals surface area contributed by atoms with Crippen LogP contribution in [-0.4, -0.2) is 27.0 Å². The van der Waals surface area contributed by atoms with Gasteiger partial charge in [-0.05, 0) is 25.3 Å². The average molecular weight is 272 g/mol. The second kappa shape index (κ2) is 5.20. The molecule has 0 aliphatic heterocycles. The van der Waals surface area contributed by atoms with Crippen LogP contribution >= 0.6 is 0 Å². The molecule has 1 aliphatic carbocycles. The molecule has 2 aromatic rings. The predicted octanol–water partition coefficient (Wildman–Crippen LogP) is 1.60. The van der Waals surface area contributed by atoms with Crippen molar-refractivity contribution < 1.29 is 0 Å². The smallest absolute Gasteiger partial charge is 0.223 e. The Bertz CT molecular complexity index is 626. The summed E-state index contributed by atoms with van der Waals surface area (Å²) in [4.78, 5) is 13.0. The van der Waals surface area contributed by atoms with Gasteiger partial charge in [0.2, 0.25) is 5.95 Å². The lowest BCUT2D eigenvalue weighted by atomic mass is 9.91. The summed E-state index contributed by atoms with van der Waals surface area (Å²) in [6, 6.07) is 0.423. The first-order valence-corrected chi connectivity index (χ1v) is 7.05. The highest BCUT2D eigenvalue weighted by atomic mass is 15.1. The van der Waals surface area contributed by atoms with Gasteiger partial charge in [-0.25, -0.2) is 15.0 Å². The van der Waals surface area contributed by atoms with Gasteiger partial charge in [0.1, 0.15) is 5.82 Å². The zero-order chi connectivity index (χ0) is 14.1. The molecule has 0 amide bonds. The number of fused-ring (bicyclic) bond motifs is 1. The summed E-state index contributed by atoms with van der Waals surface area (Å²) >= 11 is 0. The van der Waals surface area contributed by atoms with Crippen LogP contribution in [0.1, 0.15) is 31.2 Å². The Morgan fingerprint density at radius 2 is 2.00 bits per heavy atom. The van der Waals surface area contributed by atoms with Crippen molar-refractivity contribution in [1.29, 1.82) is 0 Å². The van der Waals surface area contributed by atoms with Gasteiger partial charge in [0.05, 0.1) is 10.9 Å². The SMILES string of the molecule is Cc1cnc(N)c2cnc(N[C@@H]3CCCC[C@@H]3N)nc12. The summed E-state index contributed by atoms with van der Waals surface area (Å²) in [6.45, 7) is 1.97. The number of hydrogen-bond donors (Lipinski definition) is 3. The third-order valence-electron chi connectivity index (χ3n) is 3.97. The minimum atomic E-state index is 0.173. The van der Waals surface area contributed by atoms with Crippen LogP contribution < -0.4 is 16.8 Å². The van der Waals surface area contributed by atoms with Crippen LogP contribution in [0.15, 0.2) is 12.4 Å². The molecule has 5 N–H and O–H groups in total. The van der Waals surface area contributed by atoms with Crippen LogP contribution in [-0.2, 0) is 0 Å². The molecule has 2 heterocycles. The van der Waals surface area contributed by atoms with E-state index in [9.17, 15) is 0 Å². The van der Waals surface area contributed by atoms with Gasteiger partial charge in [0, 0.05) is 24.5 Å². The molecule has 1 fully saturated rings. The molecular formula is C14H20N6. The van der Waals surface area contributed by atoms with Gasteiger partial charge in [0.25, 0.3) is 0 Å². The molecule has 20 heavy (non-hydrogen) atoms. The Morgan fingerprint density at radius 3 is 2.80 bits per heavy atom. The fraction of sp³-hybridized carbons (Fsp3) is 0.500. The van der Waals surface area contributed by atoms with E-state index >= 15 is 0 Å². The largest absolute Gasteiger partial charge is 0.383 e. The summed E-state index contributed by atoms with van der Waals surface area (Å²) in [7, 11) is 0. The van der Waals surface area contributed by atoms with Gasteiger partial charge in [-0.2, -0.15) is 0 Å². The lowest BCUT2D eigenvalue weighted by molar-refractivity contribution is 0.402. The summed E-state index contributed by atoms with van der Waals surface area (Å²) in [5, 5.41) is 4.16. The normalized spacial score (nSPS) is 22.9. The van der Waals surface area contributed by atoms with Gasteiger partial charge in [0.15, 0.2) is 0 Å². The van der Waals surface area contributed by atoms with E-state index in [1.807, 2.05) is 6.92 Å². The van der Waals surface area contributed by atoms with Crippen molar-refractivity contribution >= 4 is 22.7 Å². The van der Waals surface area contributed by atoms with E-state index in [1.54, 1.807) is 12.4 Å². The molecule has 6 heteroatoms. The molecule has 106 valence electrons. The number of aromatic nitrogens is 3. The van der Waals surface area contributed by atoms with Crippen LogP contribution in [0.25, 0.3) is 10.9 Å². The monoisotopic (exact) mass is 272 g/mol. The Labute approximate surface area is 118 Å². The quantitative estimate of drug-likeness (QED) is 0.767. The second-order valence-corrected chi connectivity index (χ2v) is 5.48. The number of nitrogen functional groups attached to an aromatic ring is 1. The third-order valence-corrected chi connectivity index (χ3v) is 3.97. The molecule has 1 aliphatic rings. The zero-order valence-electron chi connectivity index (χ0n) is 11.6. The first kappa shape index (κ1) is 13.1. The molecule has 6 nitrogen and oxygen atoms in total. The number of rotatable bonds is 2. The minimum absolute atomic E-state index is 0.173. The molecular weight excluding hydrogens is 252 g/mol. The molecule has 0 saturated heterocycles. The highest BCUT2D eigenvalue weighted by molar-refractivity contribution is 5.89. The Morgan fingerprint density at radius 1 is 1.20 bits per heavy atom. The highest BCUT2D eigenvalue weighted by Gasteiger charge is 2.22. The van der Waals surface area contributed by atoms with Crippen molar-refractivity contribution in [1.82, 2.24) is 15.0 Å². The Kier molecular flexibility index (Phi) is 3.40. The van der Waals surface area contributed by atoms with Crippen LogP contribution in [0.4, 0.5) is 11.8 Å². The predicted molar refractivity (Wildman–Crippen MR) is 80.3 cm³/mol. The van der Waals surface area contributed by atoms with E-state index in [0.717, 1.165) is 29.3 Å². The average Bonchev–Trinajstić information content (AvgIpc) is 2.46. The van der Waals surface area contributed by atoms with Crippen molar-refractivity contribution in [3.05, 3.63) is 18.0 Å². The number of nitrogens with zero attached hydrogens (tertiary/aromatic N) is 3. The summed E-state index contributed by atoms with van der Waals surface area (Å²) in [5.41, 5.74) is 13.8. The van der Waals surface area contributed by atoms with Crippen LogP contribution in [0.2, 0.25) is 0 Å². The maximum Gasteiger partial charge on any atom is 0.223 e. The number of aryl methyl sites for hydroxylation is 1. The molecule has 1 saturated carbocycles. The number of nitrogens with two attached hydrogens (primary N) is 2. The second-order valence-electron chi connectivity index (χ2n) is 5.48. The number of anilines is 2. The molecule has 2 atom stereocenters. The lowest BCUT2D eigenvalue weighted by Crippen LogP contribution is -2.42. The first-order valence-electron chi connectivity index (χ1n) is 7.05. The molecule has 0 aromatic carbocycles. The zero-order valence-corrected chi connectivity index (χ0v) is 11.6. The molecule has 0 unspecified atom stereocenters. The third kappa shape index (κ3) is 2.38. The fourth-order valence-corrected chi connectivity index (χ4v) is 2.74. The lowest BCUT2D eigenvalue weighted by Gasteiger charge is -2.29. The minimum Gasteiger partial charge on any atom is -0.383 e. The van der Waals surface area contributed by atoms with Crippen molar-refractivity contribution in [2.24, 2.45) is 5.73 Å². The van der Waals surface area contributed by atoms with Crippen molar-refractivity contribution in [3.8, 4) is 0 Å². The van der Waals surface area contributed by atoms with Gasteiger partial charge in [-0.1, -0.05) is 12.8 Å². The molecule has 0 radical (unpaired) electrons. The molecule has 0 spiro atoms. The van der Waals surface area contributed by atoms with Crippen LogP contribution in [0.3, 0.4) is 0 Å². The van der Waals surface area contributed by atoms with E-state index in [0.29, 0.717) is 11.8 Å². The van der Waals surface area contributed by atoms with E-state index in [2.05, 4.69) is 20.3 Å². The van der Waals surface area contributed by atoms with E-state index in [-0.39, 0.29) is 12.1 Å². The van der Waals surface area contributed by atoms with Gasteiger partial charge < -0.3 is 16.8 Å². The Balaban J connectivity index is 1.91. The van der Waals surface area contributed by atoms with E-state index in [4.69, 9.17) is 11.5 Å². The van der Waals surface area contributed by atoms with E-state index < -0.39 is 0 Å². The fourth-order valence-electron chi connectivity index (χ4n) is 2.74. The maximum atomic E-state index is 6.15. The standard InChI is InChI=1S/C14H20N6/c1-8-6-17-13(16)9-7-18-14(20-12(8)9)19-11-5-3-2-4-10(11)15/h6-7,10-11H,2-5,15H2,1H3,(H2,16,17)(H,18,19,20)/t10-,11+/m0/s1. The Hall–Kier alpha value is -1.95.